The molecule has 5 heteroatoms. The lowest BCUT2D eigenvalue weighted by molar-refractivity contribution is 0.420. The Morgan fingerprint density at radius 2 is 1.24 bits per heavy atom. The Balaban J connectivity index is 4.17. The highest BCUT2D eigenvalue weighted by Crippen LogP contribution is 2.23. The van der Waals surface area contributed by atoms with Crippen LogP contribution in [0.2, 0.25) is 0 Å². The Hall–Kier alpha value is -2.55. The van der Waals surface area contributed by atoms with Gasteiger partial charge in [0.05, 0.1) is 42.7 Å². The molecule has 0 heterocycles. The maximum Gasteiger partial charge on any atom is 0.0667 e. The molecule has 108 valence electrons. The molecule has 3 atom stereocenters. The van der Waals surface area contributed by atoms with Crippen LogP contribution in [0.4, 0.5) is 0 Å². The van der Waals surface area contributed by atoms with Crippen molar-refractivity contribution in [3.63, 3.8) is 0 Å². The van der Waals surface area contributed by atoms with Crippen molar-refractivity contribution in [2.24, 2.45) is 17.8 Å². The highest BCUT2D eigenvalue weighted by Gasteiger charge is 2.18. The standard InChI is InChI=1S/C16H19N5/c17-8-3-1-2-4-14(11-19)5-6-15(12-20)10-16(13-21)7-9-18/h14-16H,1-7,10H2. The van der Waals surface area contributed by atoms with Crippen LogP contribution in [-0.2, 0) is 0 Å². The lowest BCUT2D eigenvalue weighted by Crippen LogP contribution is -2.08. The van der Waals surface area contributed by atoms with Gasteiger partial charge in [0.2, 0.25) is 0 Å². The Bertz CT molecular complexity index is 491. The molecule has 0 aliphatic carbocycles. The molecule has 3 unspecified atom stereocenters. The fourth-order valence-electron chi connectivity index (χ4n) is 2.14. The summed E-state index contributed by atoms with van der Waals surface area (Å²) in [5, 5.41) is 44.1. The molecular formula is C16H19N5. The molecule has 21 heavy (non-hydrogen) atoms. The van der Waals surface area contributed by atoms with E-state index in [0.717, 1.165) is 19.3 Å². The summed E-state index contributed by atoms with van der Waals surface area (Å²) in [4.78, 5) is 0. The zero-order valence-electron chi connectivity index (χ0n) is 12.1. The van der Waals surface area contributed by atoms with Crippen molar-refractivity contribution in [2.75, 3.05) is 0 Å². The lowest BCUT2D eigenvalue weighted by atomic mass is 9.87. The van der Waals surface area contributed by atoms with E-state index in [-0.39, 0.29) is 18.3 Å². The normalized spacial score (nSPS) is 13.5. The summed E-state index contributed by atoms with van der Waals surface area (Å²) in [6.45, 7) is 0. The number of nitriles is 5. The molecule has 5 nitrogen and oxygen atoms in total. The van der Waals surface area contributed by atoms with E-state index in [1.807, 2.05) is 12.1 Å². The number of hydrogen-bond donors (Lipinski definition) is 0. The van der Waals surface area contributed by atoms with Gasteiger partial charge in [0.1, 0.15) is 0 Å². The van der Waals surface area contributed by atoms with Crippen LogP contribution < -0.4 is 0 Å². The summed E-state index contributed by atoms with van der Waals surface area (Å²) < 4.78 is 0. The summed E-state index contributed by atoms with van der Waals surface area (Å²) >= 11 is 0. The molecule has 0 spiro atoms. The van der Waals surface area contributed by atoms with Crippen molar-refractivity contribution in [2.45, 2.75) is 51.4 Å². The van der Waals surface area contributed by atoms with E-state index >= 15 is 0 Å². The van der Waals surface area contributed by atoms with Gasteiger partial charge in [0, 0.05) is 18.3 Å². The molecule has 0 aromatic carbocycles. The van der Waals surface area contributed by atoms with E-state index in [1.54, 1.807) is 0 Å². The van der Waals surface area contributed by atoms with Gasteiger partial charge < -0.3 is 0 Å². The zero-order chi connectivity index (χ0) is 15.9. The Kier molecular flexibility index (Phi) is 11.0. The second-order valence-electron chi connectivity index (χ2n) is 5.06. The molecule has 0 aromatic rings. The summed E-state index contributed by atoms with van der Waals surface area (Å²) in [5.41, 5.74) is 0. The fourth-order valence-corrected chi connectivity index (χ4v) is 2.14. The van der Waals surface area contributed by atoms with Crippen molar-refractivity contribution in [1.29, 1.82) is 26.3 Å². The molecule has 0 bridgehead atoms. The summed E-state index contributed by atoms with van der Waals surface area (Å²) in [6.07, 6.45) is 4.65. The molecule has 0 saturated heterocycles. The van der Waals surface area contributed by atoms with Crippen LogP contribution in [0, 0.1) is 74.4 Å². The van der Waals surface area contributed by atoms with Gasteiger partial charge in [0.15, 0.2) is 0 Å². The highest BCUT2D eigenvalue weighted by molar-refractivity contribution is 4.96. The van der Waals surface area contributed by atoms with Crippen LogP contribution in [0.25, 0.3) is 0 Å². The van der Waals surface area contributed by atoms with Gasteiger partial charge in [-0.1, -0.05) is 6.42 Å². The molecule has 0 rings (SSSR count). The second kappa shape index (κ2) is 12.5. The third kappa shape index (κ3) is 9.05. The first kappa shape index (κ1) is 18.4. The lowest BCUT2D eigenvalue weighted by Gasteiger charge is -2.13. The average molecular weight is 281 g/mol. The molecule has 0 amide bonds. The molecule has 0 aromatic heterocycles. The van der Waals surface area contributed by atoms with E-state index < -0.39 is 5.92 Å². The zero-order valence-corrected chi connectivity index (χ0v) is 12.1. The quantitative estimate of drug-likeness (QED) is 0.567. The summed E-state index contributed by atoms with van der Waals surface area (Å²) in [6, 6.07) is 10.5. The maximum absolute atomic E-state index is 9.11. The van der Waals surface area contributed by atoms with Crippen LogP contribution in [0.5, 0.6) is 0 Å². The monoisotopic (exact) mass is 281 g/mol. The number of nitrogens with zero attached hydrogens (tertiary/aromatic N) is 5. The molecular weight excluding hydrogens is 262 g/mol. The predicted molar refractivity (Wildman–Crippen MR) is 75.5 cm³/mol. The van der Waals surface area contributed by atoms with Gasteiger partial charge in [-0.05, 0) is 32.1 Å². The minimum atomic E-state index is -0.407. The molecule has 0 fully saturated rings. The van der Waals surface area contributed by atoms with E-state index in [4.69, 9.17) is 26.3 Å². The van der Waals surface area contributed by atoms with Crippen LogP contribution in [0.3, 0.4) is 0 Å². The van der Waals surface area contributed by atoms with Crippen molar-refractivity contribution >= 4 is 0 Å². The molecule has 0 radical (unpaired) electrons. The average Bonchev–Trinajstić information content (AvgIpc) is 2.51. The van der Waals surface area contributed by atoms with Crippen molar-refractivity contribution < 1.29 is 0 Å². The first-order chi connectivity index (χ1) is 10.2. The Labute approximate surface area is 126 Å². The number of unbranched alkanes of at least 4 members (excludes halogenated alkanes) is 2. The van der Waals surface area contributed by atoms with Gasteiger partial charge >= 0.3 is 0 Å². The first-order valence-electron chi connectivity index (χ1n) is 7.14. The number of hydrogen-bond acceptors (Lipinski definition) is 5. The molecule has 0 N–H and O–H groups in total. The van der Waals surface area contributed by atoms with Crippen LogP contribution in [-0.4, -0.2) is 0 Å². The smallest absolute Gasteiger partial charge is 0.0667 e. The Morgan fingerprint density at radius 1 is 0.619 bits per heavy atom. The van der Waals surface area contributed by atoms with E-state index in [2.05, 4.69) is 18.2 Å². The first-order valence-corrected chi connectivity index (χ1v) is 7.14. The van der Waals surface area contributed by atoms with E-state index in [1.165, 1.54) is 0 Å². The molecule has 0 saturated carbocycles. The van der Waals surface area contributed by atoms with Crippen LogP contribution in [0.15, 0.2) is 0 Å². The largest absolute Gasteiger partial charge is 0.198 e. The minimum absolute atomic E-state index is 0.101. The third-order valence-electron chi connectivity index (χ3n) is 3.41. The maximum atomic E-state index is 9.11. The minimum Gasteiger partial charge on any atom is -0.198 e. The second-order valence-corrected chi connectivity index (χ2v) is 5.06. The molecule has 0 aliphatic heterocycles. The van der Waals surface area contributed by atoms with Gasteiger partial charge in [-0.2, -0.15) is 26.3 Å². The van der Waals surface area contributed by atoms with Gasteiger partial charge in [-0.3, -0.25) is 0 Å². The number of rotatable bonds is 10. The van der Waals surface area contributed by atoms with E-state index in [0.29, 0.717) is 25.7 Å². The van der Waals surface area contributed by atoms with Gasteiger partial charge in [0.25, 0.3) is 0 Å². The van der Waals surface area contributed by atoms with E-state index in [9.17, 15) is 0 Å². The van der Waals surface area contributed by atoms with Crippen molar-refractivity contribution in [1.82, 2.24) is 0 Å². The summed E-state index contributed by atoms with van der Waals surface area (Å²) in [7, 11) is 0. The Morgan fingerprint density at radius 3 is 1.76 bits per heavy atom. The molecule has 0 aliphatic rings. The third-order valence-corrected chi connectivity index (χ3v) is 3.41. The van der Waals surface area contributed by atoms with Gasteiger partial charge in [-0.25, -0.2) is 0 Å². The fraction of sp³-hybridized carbons (Fsp3) is 0.688. The van der Waals surface area contributed by atoms with Crippen molar-refractivity contribution in [3.8, 4) is 30.3 Å². The SMILES string of the molecule is N#CCCCCC(C#N)CCC(C#N)CC(C#N)CC#N. The summed E-state index contributed by atoms with van der Waals surface area (Å²) in [5.74, 6) is -0.787. The topological polar surface area (TPSA) is 119 Å². The highest BCUT2D eigenvalue weighted by atomic mass is 14.3. The van der Waals surface area contributed by atoms with Gasteiger partial charge in [-0.15, -0.1) is 0 Å². The van der Waals surface area contributed by atoms with Crippen LogP contribution in [0.1, 0.15) is 51.4 Å². The van der Waals surface area contributed by atoms with Crippen LogP contribution >= 0.6 is 0 Å². The predicted octanol–water partition coefficient (Wildman–Crippen LogP) is 3.57. The van der Waals surface area contributed by atoms with Crippen molar-refractivity contribution in [3.05, 3.63) is 0 Å².